The molecule has 0 saturated carbocycles. The van der Waals surface area contributed by atoms with Crippen molar-refractivity contribution in [1.29, 1.82) is 5.26 Å². The number of Topliss-reactive ketones (excluding diaryl/α,β-unsaturated/α-hetero) is 2. The Kier molecular flexibility index (Phi) is 7.74. The van der Waals surface area contributed by atoms with Gasteiger partial charge in [-0.2, -0.15) is 5.26 Å². The van der Waals surface area contributed by atoms with Crippen molar-refractivity contribution in [2.24, 2.45) is 11.8 Å². The number of carbonyl (C=O) groups excluding carboxylic acids is 3. The minimum Gasteiger partial charge on any atom is -0.465 e. The van der Waals surface area contributed by atoms with E-state index in [0.717, 1.165) is 0 Å². The van der Waals surface area contributed by atoms with E-state index in [0.29, 0.717) is 15.6 Å². The smallest absolute Gasteiger partial charge is 0.324 e. The summed E-state index contributed by atoms with van der Waals surface area (Å²) in [5.41, 5.74) is 0.585. The average molecular weight is 418 g/mol. The third kappa shape index (κ3) is 5.41. The Hall–Kier alpha value is -2.68. The summed E-state index contributed by atoms with van der Waals surface area (Å²) in [5, 5.41) is 10.4. The van der Waals surface area contributed by atoms with Crippen molar-refractivity contribution in [1.82, 2.24) is 0 Å². The van der Waals surface area contributed by atoms with E-state index in [1.54, 1.807) is 19.1 Å². The third-order valence-electron chi connectivity index (χ3n) is 4.12. The number of rotatable bonds is 8. The molecule has 0 aliphatic rings. The molecular weight excluding hydrogens is 401 g/mol. The van der Waals surface area contributed by atoms with E-state index >= 15 is 0 Å². The zero-order valence-corrected chi connectivity index (χ0v) is 16.5. The molecule has 0 spiro atoms. The molecule has 0 aliphatic heterocycles. The van der Waals surface area contributed by atoms with Crippen LogP contribution >= 0.6 is 23.2 Å². The third-order valence-corrected chi connectivity index (χ3v) is 4.62. The lowest BCUT2D eigenvalue weighted by Crippen LogP contribution is -2.32. The van der Waals surface area contributed by atoms with Gasteiger partial charge in [-0.1, -0.05) is 23.2 Å². The lowest BCUT2D eigenvalue weighted by Gasteiger charge is -2.19. The van der Waals surface area contributed by atoms with E-state index < -0.39 is 23.6 Å². The maximum atomic E-state index is 13.0. The second-order valence-electron chi connectivity index (χ2n) is 5.97. The quantitative estimate of drug-likeness (QED) is 0.456. The van der Waals surface area contributed by atoms with Crippen molar-refractivity contribution in [3.8, 4) is 6.07 Å². The summed E-state index contributed by atoms with van der Waals surface area (Å²) in [6.45, 7) is 1.66. The van der Waals surface area contributed by atoms with Gasteiger partial charge in [0.1, 0.15) is 0 Å². The Labute approximate surface area is 172 Å². The monoisotopic (exact) mass is 417 g/mol. The molecule has 28 heavy (non-hydrogen) atoms. The van der Waals surface area contributed by atoms with Gasteiger partial charge in [0, 0.05) is 27.6 Å². The predicted molar refractivity (Wildman–Crippen MR) is 105 cm³/mol. The Morgan fingerprint density at radius 3 is 1.93 bits per heavy atom. The molecule has 2 aromatic rings. The molecule has 0 radical (unpaired) electrons. The number of benzene rings is 2. The van der Waals surface area contributed by atoms with E-state index in [-0.39, 0.29) is 24.4 Å². The van der Waals surface area contributed by atoms with Crippen molar-refractivity contribution in [3.05, 3.63) is 69.7 Å². The van der Waals surface area contributed by atoms with Gasteiger partial charge in [-0.3, -0.25) is 14.4 Å². The average Bonchev–Trinajstić information content (AvgIpc) is 2.68. The summed E-state index contributed by atoms with van der Waals surface area (Å²) in [7, 11) is 0. The van der Waals surface area contributed by atoms with Crippen LogP contribution in [0.2, 0.25) is 10.0 Å². The Bertz CT molecular complexity index is 901. The number of halogens is 2. The van der Waals surface area contributed by atoms with Gasteiger partial charge in [-0.05, 0) is 55.5 Å². The molecule has 0 fully saturated rings. The second-order valence-corrected chi connectivity index (χ2v) is 6.84. The van der Waals surface area contributed by atoms with Crippen LogP contribution < -0.4 is 0 Å². The van der Waals surface area contributed by atoms with Crippen molar-refractivity contribution < 1.29 is 19.1 Å². The maximum absolute atomic E-state index is 13.0. The minimum absolute atomic E-state index is 0.0595. The highest BCUT2D eigenvalue weighted by molar-refractivity contribution is 6.31. The number of esters is 1. The van der Waals surface area contributed by atoms with Crippen LogP contribution in [0.1, 0.15) is 34.1 Å². The fourth-order valence-electron chi connectivity index (χ4n) is 2.68. The van der Waals surface area contributed by atoms with Crippen molar-refractivity contribution >= 4 is 40.7 Å². The zero-order valence-electron chi connectivity index (χ0n) is 15.0. The number of nitriles is 1. The number of nitrogens with zero attached hydrogens (tertiary/aromatic N) is 1. The summed E-state index contributed by atoms with van der Waals surface area (Å²) >= 11 is 11.7. The molecule has 2 atom stereocenters. The van der Waals surface area contributed by atoms with Gasteiger partial charge in [-0.15, -0.1) is 0 Å². The summed E-state index contributed by atoms with van der Waals surface area (Å²) in [4.78, 5) is 37.9. The molecule has 2 aromatic carbocycles. The van der Waals surface area contributed by atoms with Crippen LogP contribution in [-0.2, 0) is 9.53 Å². The van der Waals surface area contributed by atoms with Gasteiger partial charge in [0.05, 0.1) is 18.6 Å². The van der Waals surface area contributed by atoms with Crippen LogP contribution in [0.15, 0.2) is 48.5 Å². The standard InChI is InChI=1S/C21H17Cl2NO4/c1-2-28-21(27)18(12-24)17(20(26)14-5-9-16(23)10-6-14)11-19(25)13-3-7-15(22)8-4-13/h3-10,17-18H,2,11H2,1H3. The van der Waals surface area contributed by atoms with E-state index in [2.05, 4.69) is 0 Å². The van der Waals surface area contributed by atoms with Gasteiger partial charge >= 0.3 is 5.97 Å². The highest BCUT2D eigenvalue weighted by atomic mass is 35.5. The van der Waals surface area contributed by atoms with E-state index in [4.69, 9.17) is 27.9 Å². The van der Waals surface area contributed by atoms with Crippen molar-refractivity contribution in [2.45, 2.75) is 13.3 Å². The van der Waals surface area contributed by atoms with Gasteiger partial charge in [0.2, 0.25) is 0 Å². The molecule has 0 amide bonds. The maximum Gasteiger partial charge on any atom is 0.324 e. The Morgan fingerprint density at radius 1 is 0.964 bits per heavy atom. The molecule has 0 bridgehead atoms. The first-order chi connectivity index (χ1) is 13.4. The molecule has 5 nitrogen and oxygen atoms in total. The van der Waals surface area contributed by atoms with Gasteiger partial charge in [-0.25, -0.2) is 0 Å². The van der Waals surface area contributed by atoms with E-state index in [9.17, 15) is 19.6 Å². The zero-order chi connectivity index (χ0) is 20.7. The first-order valence-electron chi connectivity index (χ1n) is 8.52. The normalized spacial score (nSPS) is 12.5. The molecule has 2 unspecified atom stereocenters. The Morgan fingerprint density at radius 2 is 1.46 bits per heavy atom. The molecule has 2 rings (SSSR count). The molecule has 0 aromatic heterocycles. The molecule has 0 saturated heterocycles. The summed E-state index contributed by atoms with van der Waals surface area (Å²) in [6.07, 6.45) is -0.319. The van der Waals surface area contributed by atoms with Crippen LogP contribution in [-0.4, -0.2) is 24.1 Å². The molecule has 0 heterocycles. The number of ketones is 2. The van der Waals surface area contributed by atoms with Gasteiger partial charge in [0.15, 0.2) is 17.5 Å². The van der Waals surface area contributed by atoms with Crippen LogP contribution in [0.4, 0.5) is 0 Å². The fraction of sp³-hybridized carbons (Fsp3) is 0.238. The first kappa shape index (κ1) is 21.6. The highest BCUT2D eigenvalue weighted by Crippen LogP contribution is 2.26. The lowest BCUT2D eigenvalue weighted by molar-refractivity contribution is -0.147. The highest BCUT2D eigenvalue weighted by Gasteiger charge is 2.37. The number of hydrogen-bond acceptors (Lipinski definition) is 5. The van der Waals surface area contributed by atoms with Crippen molar-refractivity contribution in [2.75, 3.05) is 6.61 Å². The van der Waals surface area contributed by atoms with Gasteiger partial charge < -0.3 is 4.74 Å². The lowest BCUT2D eigenvalue weighted by atomic mass is 9.81. The molecule has 0 aliphatic carbocycles. The van der Waals surface area contributed by atoms with Crippen LogP contribution in [0.25, 0.3) is 0 Å². The summed E-state index contributed by atoms with van der Waals surface area (Å²) in [6, 6.07) is 14.0. The molecule has 144 valence electrons. The van der Waals surface area contributed by atoms with E-state index in [1.165, 1.54) is 36.4 Å². The Balaban J connectivity index is 2.36. The minimum atomic E-state index is -1.40. The molecule has 0 N–H and O–H groups in total. The van der Waals surface area contributed by atoms with Crippen molar-refractivity contribution in [3.63, 3.8) is 0 Å². The molecule has 7 heteroatoms. The van der Waals surface area contributed by atoms with E-state index in [1.807, 2.05) is 6.07 Å². The van der Waals surface area contributed by atoms with Crippen LogP contribution in [0.3, 0.4) is 0 Å². The number of hydrogen-bond donors (Lipinski definition) is 0. The predicted octanol–water partition coefficient (Wildman–Crippen LogP) is 4.77. The SMILES string of the molecule is CCOC(=O)C(C#N)C(CC(=O)c1ccc(Cl)cc1)C(=O)c1ccc(Cl)cc1. The van der Waals surface area contributed by atoms with Gasteiger partial charge in [0.25, 0.3) is 0 Å². The summed E-state index contributed by atoms with van der Waals surface area (Å²) in [5.74, 6) is -4.30. The largest absolute Gasteiger partial charge is 0.465 e. The van der Waals surface area contributed by atoms with Crippen LogP contribution in [0.5, 0.6) is 0 Å². The number of carbonyl (C=O) groups is 3. The topological polar surface area (TPSA) is 84.2 Å². The number of ether oxygens (including phenoxy) is 1. The summed E-state index contributed by atoms with van der Waals surface area (Å²) < 4.78 is 4.92. The first-order valence-corrected chi connectivity index (χ1v) is 9.27. The molecular formula is C21H17Cl2NO4. The fourth-order valence-corrected chi connectivity index (χ4v) is 2.93. The second kappa shape index (κ2) is 10.0. The van der Waals surface area contributed by atoms with Crippen LogP contribution in [0, 0.1) is 23.2 Å².